The van der Waals surface area contributed by atoms with Gasteiger partial charge in [-0.2, -0.15) is 0 Å². The molecule has 0 saturated carbocycles. The minimum Gasteiger partial charge on any atom is -0.464 e. The Balaban J connectivity index is 3.90. The first kappa shape index (κ1) is 26.6. The van der Waals surface area contributed by atoms with Crippen LogP contribution in [0.3, 0.4) is 0 Å². The van der Waals surface area contributed by atoms with Crippen molar-refractivity contribution >= 4 is 11.9 Å². The van der Waals surface area contributed by atoms with Crippen molar-refractivity contribution in [3.63, 3.8) is 0 Å². The Morgan fingerprint density at radius 2 is 1.43 bits per heavy atom. The normalized spacial score (nSPS) is 13.4. The number of hydrogen-bond acceptors (Lipinski definition) is 4. The van der Waals surface area contributed by atoms with E-state index in [4.69, 9.17) is 9.47 Å². The van der Waals surface area contributed by atoms with Crippen LogP contribution < -0.4 is 5.32 Å². The molecule has 0 heterocycles. The molecule has 0 rings (SSSR count). The molecule has 0 spiro atoms. The lowest BCUT2D eigenvalue weighted by Crippen LogP contribution is -2.46. The van der Waals surface area contributed by atoms with E-state index < -0.39 is 0 Å². The van der Waals surface area contributed by atoms with Crippen molar-refractivity contribution in [2.24, 2.45) is 0 Å². The van der Waals surface area contributed by atoms with E-state index >= 15 is 0 Å². The number of esters is 1. The number of carbonyl (C=O) groups excluding carboxylic acids is 2. The second-order valence-corrected chi connectivity index (χ2v) is 7.56. The molecule has 5 heteroatoms. The van der Waals surface area contributed by atoms with Crippen molar-refractivity contribution < 1.29 is 19.1 Å². The van der Waals surface area contributed by atoms with E-state index in [0.29, 0.717) is 0 Å². The van der Waals surface area contributed by atoms with E-state index in [9.17, 15) is 9.59 Å². The number of nitrogens with one attached hydrogen (secondary N) is 1. The van der Waals surface area contributed by atoms with Crippen LogP contribution in [-0.2, 0) is 19.1 Å². The van der Waals surface area contributed by atoms with E-state index in [0.717, 1.165) is 12.8 Å². The van der Waals surface area contributed by atoms with Gasteiger partial charge in [0.25, 0.3) is 0 Å². The molecule has 1 N–H and O–H groups in total. The largest absolute Gasteiger partial charge is 0.464 e. The standard InChI is InChI=1S/C23H43NO4/c1-5-6-7-8-9-10-11-12-13-14-15-16-17-18-23(27-4)22(24-20(2)25)19-28-21(3)26/h17-18,22-23H,5-16,19H2,1-4H3,(H,24,25)/b18-17+/t22-,23-/m0/s1. The number of carbonyl (C=O) groups is 2. The van der Waals surface area contributed by atoms with E-state index in [-0.39, 0.29) is 30.6 Å². The highest BCUT2D eigenvalue weighted by Crippen LogP contribution is 2.12. The summed E-state index contributed by atoms with van der Waals surface area (Å²) < 4.78 is 10.5. The first-order chi connectivity index (χ1) is 13.5. The molecule has 0 saturated heterocycles. The lowest BCUT2D eigenvalue weighted by molar-refractivity contribution is -0.143. The molecule has 0 aromatic carbocycles. The Hall–Kier alpha value is -1.36. The number of unbranched alkanes of at least 4 members (excludes halogenated alkanes) is 11. The number of ether oxygens (including phenoxy) is 2. The smallest absolute Gasteiger partial charge is 0.302 e. The van der Waals surface area contributed by atoms with Crippen LogP contribution in [0.25, 0.3) is 0 Å². The number of allylic oxidation sites excluding steroid dienone is 1. The molecular formula is C23H43NO4. The van der Waals surface area contributed by atoms with Gasteiger partial charge in [0, 0.05) is 21.0 Å². The molecule has 1 amide bonds. The molecule has 0 aliphatic carbocycles. The summed E-state index contributed by atoms with van der Waals surface area (Å²) in [5.74, 6) is -0.534. The monoisotopic (exact) mass is 397 g/mol. The zero-order valence-corrected chi connectivity index (χ0v) is 18.6. The van der Waals surface area contributed by atoms with Crippen LogP contribution in [0.4, 0.5) is 0 Å². The van der Waals surface area contributed by atoms with E-state index in [1.54, 1.807) is 7.11 Å². The maximum atomic E-state index is 11.4. The summed E-state index contributed by atoms with van der Waals surface area (Å²) in [4.78, 5) is 22.4. The van der Waals surface area contributed by atoms with Crippen molar-refractivity contribution in [1.82, 2.24) is 5.32 Å². The summed E-state index contributed by atoms with van der Waals surface area (Å²) in [6.07, 6.45) is 19.4. The van der Waals surface area contributed by atoms with Crippen LogP contribution in [0.5, 0.6) is 0 Å². The van der Waals surface area contributed by atoms with E-state index in [1.165, 1.54) is 78.1 Å². The zero-order chi connectivity index (χ0) is 21.0. The lowest BCUT2D eigenvalue weighted by atomic mass is 10.0. The Labute approximate surface area is 172 Å². The van der Waals surface area contributed by atoms with Gasteiger partial charge in [0.2, 0.25) is 5.91 Å². The fraction of sp³-hybridized carbons (Fsp3) is 0.826. The third-order valence-corrected chi connectivity index (χ3v) is 4.82. The van der Waals surface area contributed by atoms with E-state index in [2.05, 4.69) is 18.3 Å². The molecule has 5 nitrogen and oxygen atoms in total. The van der Waals surface area contributed by atoms with Gasteiger partial charge < -0.3 is 14.8 Å². The first-order valence-corrected chi connectivity index (χ1v) is 11.1. The molecule has 2 atom stereocenters. The number of amides is 1. The molecule has 164 valence electrons. The van der Waals surface area contributed by atoms with Gasteiger partial charge in [-0.25, -0.2) is 0 Å². The van der Waals surface area contributed by atoms with Crippen LogP contribution in [-0.4, -0.2) is 37.7 Å². The number of hydrogen-bond donors (Lipinski definition) is 1. The first-order valence-electron chi connectivity index (χ1n) is 11.1. The van der Waals surface area contributed by atoms with Crippen molar-refractivity contribution in [3.8, 4) is 0 Å². The Morgan fingerprint density at radius 1 is 0.893 bits per heavy atom. The van der Waals surface area contributed by atoms with Gasteiger partial charge in [0.15, 0.2) is 0 Å². The SMILES string of the molecule is CCCCCCCCCCCCC/C=C/[C@H](OC)[C@H](COC(C)=O)NC(C)=O. The van der Waals surface area contributed by atoms with Gasteiger partial charge in [0.1, 0.15) is 6.61 Å². The Bertz CT molecular complexity index is 423. The van der Waals surface area contributed by atoms with Crippen LogP contribution in [0.2, 0.25) is 0 Å². The Kier molecular flexibility index (Phi) is 18.1. The third kappa shape index (κ3) is 16.8. The maximum absolute atomic E-state index is 11.4. The minimum absolute atomic E-state index is 0.107. The van der Waals surface area contributed by atoms with Gasteiger partial charge in [-0.15, -0.1) is 0 Å². The molecule has 28 heavy (non-hydrogen) atoms. The third-order valence-electron chi connectivity index (χ3n) is 4.82. The van der Waals surface area contributed by atoms with Crippen molar-refractivity contribution in [3.05, 3.63) is 12.2 Å². The molecule has 0 radical (unpaired) electrons. The van der Waals surface area contributed by atoms with Gasteiger partial charge in [-0.1, -0.05) is 83.3 Å². The lowest BCUT2D eigenvalue weighted by Gasteiger charge is -2.23. The number of methoxy groups -OCH3 is 1. The van der Waals surface area contributed by atoms with Crippen LogP contribution in [0, 0.1) is 0 Å². The molecule has 0 bridgehead atoms. The summed E-state index contributed by atoms with van der Waals surface area (Å²) >= 11 is 0. The second kappa shape index (κ2) is 19.0. The van der Waals surface area contributed by atoms with E-state index in [1.807, 2.05) is 6.08 Å². The topological polar surface area (TPSA) is 64.6 Å². The summed E-state index contributed by atoms with van der Waals surface area (Å²) in [5, 5.41) is 2.79. The molecule has 0 aromatic rings. The van der Waals surface area contributed by atoms with Gasteiger partial charge in [-0.3, -0.25) is 9.59 Å². The fourth-order valence-corrected chi connectivity index (χ4v) is 3.22. The van der Waals surface area contributed by atoms with Crippen molar-refractivity contribution in [2.45, 2.75) is 110 Å². The second-order valence-electron chi connectivity index (χ2n) is 7.56. The average molecular weight is 398 g/mol. The molecular weight excluding hydrogens is 354 g/mol. The van der Waals surface area contributed by atoms with Crippen LogP contribution in [0.15, 0.2) is 12.2 Å². The minimum atomic E-state index is -0.375. The summed E-state index contributed by atoms with van der Waals surface area (Å²) in [7, 11) is 1.60. The molecule has 0 aliphatic rings. The number of rotatable bonds is 18. The molecule has 0 aliphatic heterocycles. The van der Waals surface area contributed by atoms with Crippen molar-refractivity contribution in [1.29, 1.82) is 0 Å². The van der Waals surface area contributed by atoms with Gasteiger partial charge in [-0.05, 0) is 12.8 Å². The quantitative estimate of drug-likeness (QED) is 0.193. The van der Waals surface area contributed by atoms with Gasteiger partial charge >= 0.3 is 5.97 Å². The average Bonchev–Trinajstić information content (AvgIpc) is 2.65. The zero-order valence-electron chi connectivity index (χ0n) is 18.6. The predicted octanol–water partition coefficient (Wildman–Crippen LogP) is 5.33. The molecule has 0 unspecified atom stereocenters. The summed E-state index contributed by atoms with van der Waals surface area (Å²) in [6, 6.07) is -0.375. The summed E-state index contributed by atoms with van der Waals surface area (Å²) in [6.45, 7) is 5.17. The fourth-order valence-electron chi connectivity index (χ4n) is 3.22. The van der Waals surface area contributed by atoms with Crippen LogP contribution >= 0.6 is 0 Å². The highest BCUT2D eigenvalue weighted by atomic mass is 16.5. The van der Waals surface area contributed by atoms with Crippen molar-refractivity contribution in [2.75, 3.05) is 13.7 Å². The predicted molar refractivity (Wildman–Crippen MR) is 115 cm³/mol. The van der Waals surface area contributed by atoms with Crippen LogP contribution in [0.1, 0.15) is 97.8 Å². The highest BCUT2D eigenvalue weighted by molar-refractivity contribution is 5.73. The molecule has 0 aromatic heterocycles. The van der Waals surface area contributed by atoms with Gasteiger partial charge in [0.05, 0.1) is 12.1 Å². The Morgan fingerprint density at radius 3 is 1.89 bits per heavy atom. The summed E-state index contributed by atoms with van der Waals surface area (Å²) in [5.41, 5.74) is 0. The highest BCUT2D eigenvalue weighted by Gasteiger charge is 2.21. The maximum Gasteiger partial charge on any atom is 0.302 e. The molecule has 0 fully saturated rings.